The lowest BCUT2D eigenvalue weighted by Crippen LogP contribution is -2.37. The van der Waals surface area contributed by atoms with E-state index in [2.05, 4.69) is 4.98 Å². The first-order valence-electron chi connectivity index (χ1n) is 10.4. The lowest BCUT2D eigenvalue weighted by Gasteiger charge is -2.21. The van der Waals surface area contributed by atoms with Crippen molar-refractivity contribution in [3.05, 3.63) is 86.7 Å². The normalized spacial score (nSPS) is 15.1. The number of rotatable bonds is 4. The Morgan fingerprint density at radius 1 is 1.12 bits per heavy atom. The molecule has 0 saturated heterocycles. The number of phenols is 2. The Hall–Kier alpha value is -4.73. The summed E-state index contributed by atoms with van der Waals surface area (Å²) >= 11 is 0. The fourth-order valence-corrected chi connectivity index (χ4v) is 3.97. The zero-order valence-corrected chi connectivity index (χ0v) is 17.9. The molecule has 0 bridgehead atoms. The van der Waals surface area contributed by atoms with Gasteiger partial charge in [-0.05, 0) is 48.4 Å². The van der Waals surface area contributed by atoms with Crippen molar-refractivity contribution in [2.75, 3.05) is 12.3 Å². The van der Waals surface area contributed by atoms with E-state index >= 15 is 0 Å². The summed E-state index contributed by atoms with van der Waals surface area (Å²) in [6, 6.07) is 12.2. The van der Waals surface area contributed by atoms with Gasteiger partial charge in [-0.15, -0.1) is 0 Å². The molecule has 4 N–H and O–H groups in total. The Bertz CT molecular complexity index is 1580. The molecule has 0 aliphatic carbocycles. The number of anilines is 1. The van der Waals surface area contributed by atoms with Gasteiger partial charge in [-0.2, -0.15) is 4.98 Å². The second kappa shape index (κ2) is 8.00. The fourth-order valence-electron chi connectivity index (χ4n) is 3.97. The minimum absolute atomic E-state index is 0.0378. The van der Waals surface area contributed by atoms with E-state index in [1.165, 1.54) is 34.9 Å². The van der Waals surface area contributed by atoms with Crippen LogP contribution in [0.25, 0.3) is 17.5 Å². The smallest absolute Gasteiger partial charge is 0.362 e. The van der Waals surface area contributed by atoms with Gasteiger partial charge in [-0.3, -0.25) is 0 Å². The molecule has 172 valence electrons. The van der Waals surface area contributed by atoms with Crippen LogP contribution < -0.4 is 22.3 Å². The summed E-state index contributed by atoms with van der Waals surface area (Å²) in [5, 5.41) is 19.3. The summed E-state index contributed by atoms with van der Waals surface area (Å²) in [4.78, 5) is 30.4. The molecule has 1 aliphatic rings. The topological polar surface area (TPSA) is 154 Å². The summed E-state index contributed by atoms with van der Waals surface area (Å²) in [7, 11) is 0. The largest absolute Gasteiger partial charge is 0.508 e. The van der Waals surface area contributed by atoms with Crippen LogP contribution >= 0.6 is 0 Å². The van der Waals surface area contributed by atoms with Crippen LogP contribution in [-0.2, 0) is 9.53 Å². The number of carbonyl (C=O) groups is 1. The van der Waals surface area contributed by atoms with Crippen LogP contribution in [0.2, 0.25) is 0 Å². The molecule has 0 spiro atoms. The summed E-state index contributed by atoms with van der Waals surface area (Å²) in [6.45, 7) is 1.76. The number of hydrogen-bond donors (Lipinski definition) is 3. The molecule has 0 amide bonds. The van der Waals surface area contributed by atoms with Crippen LogP contribution in [0.15, 0.2) is 62.2 Å². The van der Waals surface area contributed by atoms with Crippen LogP contribution in [0.3, 0.4) is 0 Å². The van der Waals surface area contributed by atoms with Gasteiger partial charge in [0.1, 0.15) is 28.1 Å². The molecule has 34 heavy (non-hydrogen) atoms. The SMILES string of the molecule is CCOC(=O)C1=c2oc(=O)/c(=C\c3ccc(O)cc3)n2-c2oc(N)nc2[C@H]1c1ccc(O)cc1. The van der Waals surface area contributed by atoms with Gasteiger partial charge in [0.2, 0.25) is 11.4 Å². The number of nitrogens with two attached hydrogens (primary N) is 1. The molecule has 0 unspecified atom stereocenters. The molecule has 1 atom stereocenters. The van der Waals surface area contributed by atoms with Crippen molar-refractivity contribution in [3.8, 4) is 17.4 Å². The van der Waals surface area contributed by atoms with E-state index in [4.69, 9.17) is 19.3 Å². The first kappa shape index (κ1) is 21.1. The minimum Gasteiger partial charge on any atom is -0.508 e. The van der Waals surface area contributed by atoms with Crippen molar-refractivity contribution >= 4 is 23.6 Å². The highest BCUT2D eigenvalue weighted by Gasteiger charge is 2.39. The molecule has 0 radical (unpaired) electrons. The number of aromatic nitrogens is 2. The Morgan fingerprint density at radius 2 is 1.76 bits per heavy atom. The number of carbonyl (C=O) groups excluding carboxylic acids is 1. The van der Waals surface area contributed by atoms with Crippen molar-refractivity contribution < 1.29 is 28.6 Å². The number of oxazole rings is 2. The van der Waals surface area contributed by atoms with E-state index in [0.29, 0.717) is 11.1 Å². The van der Waals surface area contributed by atoms with Crippen LogP contribution in [0.4, 0.5) is 6.01 Å². The molecule has 10 nitrogen and oxygen atoms in total. The van der Waals surface area contributed by atoms with E-state index in [-0.39, 0.29) is 52.2 Å². The molecular formula is C24H19N3O7. The Morgan fingerprint density at radius 3 is 2.41 bits per heavy atom. The van der Waals surface area contributed by atoms with Crippen LogP contribution in [-0.4, -0.2) is 32.3 Å². The Kier molecular flexibility index (Phi) is 4.97. The molecule has 10 heteroatoms. The van der Waals surface area contributed by atoms with Gasteiger partial charge >= 0.3 is 11.6 Å². The van der Waals surface area contributed by atoms with Crippen molar-refractivity contribution in [2.24, 2.45) is 0 Å². The van der Waals surface area contributed by atoms with Gasteiger partial charge in [-0.25, -0.2) is 14.2 Å². The van der Waals surface area contributed by atoms with Crippen LogP contribution in [0.1, 0.15) is 29.7 Å². The molecule has 0 saturated carbocycles. The minimum atomic E-state index is -0.831. The number of nitrogen functional groups attached to an aromatic ring is 1. The first-order valence-corrected chi connectivity index (χ1v) is 10.4. The third-order valence-electron chi connectivity index (χ3n) is 5.41. The predicted octanol–water partition coefficient (Wildman–Crippen LogP) is 1.10. The summed E-state index contributed by atoms with van der Waals surface area (Å²) < 4.78 is 17.9. The summed E-state index contributed by atoms with van der Waals surface area (Å²) in [5.41, 5.74) is 6.58. The van der Waals surface area contributed by atoms with Crippen molar-refractivity contribution in [3.63, 3.8) is 0 Å². The number of hydrogen-bond acceptors (Lipinski definition) is 9. The number of nitrogens with zero attached hydrogens (tertiary/aromatic N) is 2. The molecule has 4 aromatic rings. The highest BCUT2D eigenvalue weighted by molar-refractivity contribution is 6.12. The lowest BCUT2D eigenvalue weighted by molar-refractivity contribution is -0.136. The third-order valence-corrected chi connectivity index (χ3v) is 5.41. The lowest BCUT2D eigenvalue weighted by atomic mass is 9.87. The molecule has 3 heterocycles. The molecule has 2 aromatic heterocycles. The highest BCUT2D eigenvalue weighted by Crippen LogP contribution is 2.39. The number of ether oxygens (including phenoxy) is 1. The molecule has 5 rings (SSSR count). The van der Waals surface area contributed by atoms with E-state index in [0.717, 1.165) is 0 Å². The Labute approximate surface area is 191 Å². The molecule has 2 aromatic carbocycles. The average molecular weight is 461 g/mol. The fraction of sp³-hybridized carbons (Fsp3) is 0.125. The zero-order chi connectivity index (χ0) is 24.0. The second-order valence-corrected chi connectivity index (χ2v) is 7.55. The maximum atomic E-state index is 13.1. The van der Waals surface area contributed by atoms with E-state index < -0.39 is 17.5 Å². The number of esters is 1. The maximum absolute atomic E-state index is 13.1. The number of fused-ring (bicyclic) bond motifs is 3. The van der Waals surface area contributed by atoms with E-state index in [9.17, 15) is 19.8 Å². The molecule has 1 aliphatic heterocycles. The van der Waals surface area contributed by atoms with Crippen molar-refractivity contribution in [1.29, 1.82) is 0 Å². The number of phenolic OH excluding ortho intramolecular Hbond substituents is 2. The van der Waals surface area contributed by atoms with Gasteiger partial charge in [-0.1, -0.05) is 24.3 Å². The number of aromatic hydroxyl groups is 2. The standard InChI is InChI=1S/C24H19N3O7/c1-2-32-23(31)18-17(13-5-9-15(29)10-6-13)19-21(34-24(25)26-19)27-16(22(30)33-20(18)27)11-12-3-7-14(28)8-4-12/h3-11,17,28-29H,2H2,1H3,(H2,25,26)/b16-11+/t17-/m0/s1. The average Bonchev–Trinajstić information content (AvgIpc) is 3.34. The summed E-state index contributed by atoms with van der Waals surface area (Å²) in [5.74, 6) is -1.30. The Balaban J connectivity index is 1.88. The molecule has 0 fully saturated rings. The van der Waals surface area contributed by atoms with E-state index in [1.54, 1.807) is 31.2 Å². The summed E-state index contributed by atoms with van der Waals surface area (Å²) in [6.07, 6.45) is 1.53. The van der Waals surface area contributed by atoms with E-state index in [1.807, 2.05) is 0 Å². The second-order valence-electron chi connectivity index (χ2n) is 7.55. The maximum Gasteiger partial charge on any atom is 0.362 e. The predicted molar refractivity (Wildman–Crippen MR) is 120 cm³/mol. The van der Waals surface area contributed by atoms with Gasteiger partial charge in [0.15, 0.2) is 0 Å². The van der Waals surface area contributed by atoms with Crippen LogP contribution in [0, 0.1) is 0 Å². The monoisotopic (exact) mass is 461 g/mol. The van der Waals surface area contributed by atoms with Gasteiger partial charge in [0.05, 0.1) is 12.5 Å². The quantitative estimate of drug-likeness (QED) is 0.379. The van der Waals surface area contributed by atoms with Crippen molar-refractivity contribution in [2.45, 2.75) is 12.8 Å². The zero-order valence-electron chi connectivity index (χ0n) is 17.9. The van der Waals surface area contributed by atoms with Crippen LogP contribution in [0.5, 0.6) is 11.5 Å². The van der Waals surface area contributed by atoms with Crippen molar-refractivity contribution in [1.82, 2.24) is 9.55 Å². The highest BCUT2D eigenvalue weighted by atomic mass is 16.5. The van der Waals surface area contributed by atoms with Gasteiger partial charge < -0.3 is 29.5 Å². The van der Waals surface area contributed by atoms with Gasteiger partial charge in [0.25, 0.3) is 6.01 Å². The number of benzene rings is 2. The van der Waals surface area contributed by atoms with Gasteiger partial charge in [0, 0.05) is 0 Å². The third kappa shape index (κ3) is 3.41. The first-order chi connectivity index (χ1) is 16.4. The molecular weight excluding hydrogens is 442 g/mol.